The molecule has 1 amide bonds. The summed E-state index contributed by atoms with van der Waals surface area (Å²) in [4.78, 5) is 34.7. The lowest BCUT2D eigenvalue weighted by Crippen LogP contribution is -2.30. The quantitative estimate of drug-likeness (QED) is 0.491. The van der Waals surface area contributed by atoms with Gasteiger partial charge in [0.1, 0.15) is 4.88 Å². The fourth-order valence-corrected chi connectivity index (χ4v) is 2.78. The fraction of sp³-hybridized carbons (Fsp3) is 0.200. The van der Waals surface area contributed by atoms with Crippen LogP contribution in [0.4, 0.5) is 11.4 Å². The molecule has 1 atom stereocenters. The number of nitro benzene ring substituents is 1. The highest BCUT2D eigenvalue weighted by Gasteiger charge is 2.22. The van der Waals surface area contributed by atoms with Crippen molar-refractivity contribution in [1.29, 1.82) is 0 Å². The van der Waals surface area contributed by atoms with Crippen molar-refractivity contribution in [2.75, 3.05) is 5.32 Å². The zero-order valence-corrected chi connectivity index (χ0v) is 14.3. The standard InChI is InChI=1S/C15H13ClN2O5S/c1-8-5-6-24-13(8)15(20)23-9(2)14(19)17-12-7-10(18(21)22)3-4-11(12)16/h3-7,9H,1-2H3,(H,17,19)/t9-/m0/s1. The first-order valence-corrected chi connectivity index (χ1v) is 8.05. The van der Waals surface area contributed by atoms with Gasteiger partial charge in [-0.25, -0.2) is 4.79 Å². The van der Waals surface area contributed by atoms with Crippen LogP contribution in [0.1, 0.15) is 22.2 Å². The van der Waals surface area contributed by atoms with E-state index in [0.717, 1.165) is 11.6 Å². The first kappa shape index (κ1) is 17.9. The summed E-state index contributed by atoms with van der Waals surface area (Å²) in [6.07, 6.45) is -1.09. The average molecular weight is 369 g/mol. The number of hydrogen-bond acceptors (Lipinski definition) is 6. The van der Waals surface area contributed by atoms with Crippen molar-refractivity contribution in [2.45, 2.75) is 20.0 Å². The van der Waals surface area contributed by atoms with E-state index in [9.17, 15) is 19.7 Å². The smallest absolute Gasteiger partial charge is 0.349 e. The summed E-state index contributed by atoms with van der Waals surface area (Å²) >= 11 is 7.13. The van der Waals surface area contributed by atoms with Gasteiger partial charge in [-0.2, -0.15) is 0 Å². The second kappa shape index (κ2) is 7.41. The predicted octanol–water partition coefficient (Wildman–Crippen LogP) is 3.80. The van der Waals surface area contributed by atoms with Gasteiger partial charge in [-0.3, -0.25) is 14.9 Å². The summed E-state index contributed by atoms with van der Waals surface area (Å²) in [5.74, 6) is -1.24. The van der Waals surface area contributed by atoms with Crippen molar-refractivity contribution in [3.63, 3.8) is 0 Å². The molecule has 126 valence electrons. The number of ether oxygens (including phenoxy) is 1. The van der Waals surface area contributed by atoms with Crippen molar-refractivity contribution in [2.24, 2.45) is 0 Å². The molecule has 0 spiro atoms. The number of halogens is 1. The number of carbonyl (C=O) groups excluding carboxylic acids is 2. The van der Waals surface area contributed by atoms with Crippen LogP contribution in [0.25, 0.3) is 0 Å². The summed E-state index contributed by atoms with van der Waals surface area (Å²) in [5.41, 5.74) is 0.624. The summed E-state index contributed by atoms with van der Waals surface area (Å²) < 4.78 is 5.11. The highest BCUT2D eigenvalue weighted by molar-refractivity contribution is 7.12. The van der Waals surface area contributed by atoms with Gasteiger partial charge in [-0.1, -0.05) is 11.6 Å². The van der Waals surface area contributed by atoms with Crippen molar-refractivity contribution in [1.82, 2.24) is 0 Å². The SMILES string of the molecule is Cc1ccsc1C(=O)O[C@@H](C)C(=O)Nc1cc([N+](=O)[O-])ccc1Cl. The van der Waals surface area contributed by atoms with Gasteiger partial charge in [-0.05, 0) is 36.9 Å². The van der Waals surface area contributed by atoms with Crippen molar-refractivity contribution >= 4 is 46.2 Å². The Morgan fingerprint density at radius 3 is 2.67 bits per heavy atom. The predicted molar refractivity (Wildman–Crippen MR) is 90.7 cm³/mol. The fourth-order valence-electron chi connectivity index (χ4n) is 1.81. The third kappa shape index (κ3) is 4.09. The normalized spacial score (nSPS) is 11.6. The van der Waals surface area contributed by atoms with Gasteiger partial charge in [0.25, 0.3) is 11.6 Å². The number of non-ortho nitro benzene ring substituents is 1. The number of nitrogens with zero attached hydrogens (tertiary/aromatic N) is 1. The van der Waals surface area contributed by atoms with Gasteiger partial charge >= 0.3 is 5.97 Å². The van der Waals surface area contributed by atoms with Crippen LogP contribution in [0.3, 0.4) is 0 Å². The minimum Gasteiger partial charge on any atom is -0.448 e. The molecule has 0 saturated heterocycles. The molecule has 2 aromatic rings. The molecule has 2 rings (SSSR count). The van der Waals surface area contributed by atoms with E-state index in [2.05, 4.69) is 5.32 Å². The molecular weight excluding hydrogens is 356 g/mol. The maximum atomic E-state index is 12.1. The van der Waals surface area contributed by atoms with Gasteiger partial charge in [0.2, 0.25) is 0 Å². The Hall–Kier alpha value is -2.45. The molecular formula is C15H13ClN2O5S. The van der Waals surface area contributed by atoms with E-state index in [1.807, 2.05) is 0 Å². The van der Waals surface area contributed by atoms with E-state index in [1.54, 1.807) is 18.4 Å². The van der Waals surface area contributed by atoms with E-state index in [-0.39, 0.29) is 16.4 Å². The number of rotatable bonds is 5. The number of amides is 1. The van der Waals surface area contributed by atoms with Crippen LogP contribution in [0.2, 0.25) is 5.02 Å². The molecule has 1 aromatic heterocycles. The topological polar surface area (TPSA) is 98.5 Å². The van der Waals surface area contributed by atoms with Gasteiger partial charge < -0.3 is 10.1 Å². The third-order valence-electron chi connectivity index (χ3n) is 3.12. The van der Waals surface area contributed by atoms with E-state index < -0.39 is 22.9 Å². The van der Waals surface area contributed by atoms with Gasteiger partial charge in [0, 0.05) is 12.1 Å². The van der Waals surface area contributed by atoms with Gasteiger partial charge in [0.05, 0.1) is 15.6 Å². The van der Waals surface area contributed by atoms with Crippen molar-refractivity contribution in [3.8, 4) is 0 Å². The molecule has 0 saturated carbocycles. The number of carbonyl (C=O) groups is 2. The lowest BCUT2D eigenvalue weighted by molar-refractivity contribution is -0.384. The van der Waals surface area contributed by atoms with Crippen LogP contribution in [0.5, 0.6) is 0 Å². The first-order chi connectivity index (χ1) is 11.3. The number of benzene rings is 1. The molecule has 0 aliphatic carbocycles. The number of thiophene rings is 1. The number of hydrogen-bond donors (Lipinski definition) is 1. The molecule has 0 radical (unpaired) electrons. The minimum absolute atomic E-state index is 0.0751. The summed E-state index contributed by atoms with van der Waals surface area (Å²) in [6, 6.07) is 5.44. The Morgan fingerprint density at radius 1 is 1.38 bits per heavy atom. The Kier molecular flexibility index (Phi) is 5.53. The molecule has 0 bridgehead atoms. The summed E-state index contributed by atoms with van der Waals surface area (Å²) in [6.45, 7) is 3.17. The molecule has 0 aliphatic heterocycles. The van der Waals surface area contributed by atoms with E-state index in [1.165, 1.54) is 30.4 Å². The monoisotopic (exact) mass is 368 g/mol. The zero-order valence-electron chi connectivity index (χ0n) is 12.7. The first-order valence-electron chi connectivity index (χ1n) is 6.79. The van der Waals surface area contributed by atoms with Gasteiger partial charge in [-0.15, -0.1) is 11.3 Å². The van der Waals surface area contributed by atoms with Gasteiger partial charge in [0.15, 0.2) is 6.10 Å². The van der Waals surface area contributed by atoms with Crippen LogP contribution in [0, 0.1) is 17.0 Å². The minimum atomic E-state index is -1.09. The van der Waals surface area contributed by atoms with E-state index in [0.29, 0.717) is 4.88 Å². The Balaban J connectivity index is 2.07. The van der Waals surface area contributed by atoms with E-state index >= 15 is 0 Å². The third-order valence-corrected chi connectivity index (χ3v) is 4.45. The second-order valence-electron chi connectivity index (χ2n) is 4.89. The lowest BCUT2D eigenvalue weighted by Gasteiger charge is -2.14. The van der Waals surface area contributed by atoms with Crippen LogP contribution < -0.4 is 5.32 Å². The largest absolute Gasteiger partial charge is 0.448 e. The van der Waals surface area contributed by atoms with Crippen molar-refractivity contribution in [3.05, 3.63) is 55.2 Å². The summed E-state index contributed by atoms with van der Waals surface area (Å²) in [7, 11) is 0. The molecule has 0 unspecified atom stereocenters. The highest BCUT2D eigenvalue weighted by atomic mass is 35.5. The molecule has 1 N–H and O–H groups in total. The summed E-state index contributed by atoms with van der Waals surface area (Å²) in [5, 5.41) is 15.1. The molecule has 24 heavy (non-hydrogen) atoms. The zero-order chi connectivity index (χ0) is 17.9. The molecule has 1 heterocycles. The highest BCUT2D eigenvalue weighted by Crippen LogP contribution is 2.27. The molecule has 7 nitrogen and oxygen atoms in total. The number of nitrogens with one attached hydrogen (secondary N) is 1. The maximum Gasteiger partial charge on any atom is 0.349 e. The van der Waals surface area contributed by atoms with Crippen molar-refractivity contribution < 1.29 is 19.2 Å². The number of nitro groups is 1. The molecule has 0 fully saturated rings. The van der Waals surface area contributed by atoms with Crippen LogP contribution >= 0.6 is 22.9 Å². The van der Waals surface area contributed by atoms with E-state index in [4.69, 9.17) is 16.3 Å². The maximum absolute atomic E-state index is 12.1. The number of aryl methyl sites for hydroxylation is 1. The Bertz CT molecular complexity index is 805. The Labute approximate surface area is 146 Å². The molecule has 0 aliphatic rings. The van der Waals surface area contributed by atoms with Crippen LogP contribution in [0.15, 0.2) is 29.6 Å². The lowest BCUT2D eigenvalue weighted by atomic mass is 10.2. The molecule has 9 heteroatoms. The van der Waals surface area contributed by atoms with Crippen LogP contribution in [-0.4, -0.2) is 22.9 Å². The molecule has 1 aromatic carbocycles. The Morgan fingerprint density at radius 2 is 2.08 bits per heavy atom. The van der Waals surface area contributed by atoms with Crippen LogP contribution in [-0.2, 0) is 9.53 Å². The number of esters is 1. The average Bonchev–Trinajstić information content (AvgIpc) is 2.95. The number of anilines is 1. The second-order valence-corrected chi connectivity index (χ2v) is 6.21.